The molecule has 8 nitrogen and oxygen atoms in total. The minimum Gasteiger partial charge on any atom is -0.496 e. The molecule has 1 saturated heterocycles. The predicted octanol–water partition coefficient (Wildman–Crippen LogP) is 3.75. The monoisotopic (exact) mass is 421 g/mol. The lowest BCUT2D eigenvalue weighted by atomic mass is 9.99. The summed E-state index contributed by atoms with van der Waals surface area (Å²) in [6.45, 7) is 1.56. The molecule has 0 radical (unpaired) electrons. The largest absolute Gasteiger partial charge is 0.496 e. The molecular formula is C23H27N5O3. The Balaban J connectivity index is 1.82. The van der Waals surface area contributed by atoms with Crippen molar-refractivity contribution in [2.45, 2.75) is 32.1 Å². The second kappa shape index (κ2) is 9.59. The maximum absolute atomic E-state index is 13.5. The molecule has 0 unspecified atom stereocenters. The zero-order chi connectivity index (χ0) is 21.6. The number of carbonyl (C=O) groups excluding carboxylic acids is 1. The zero-order valence-electron chi connectivity index (χ0n) is 18.0. The number of aromatic nitrogens is 4. The smallest absolute Gasteiger partial charge is 0.253 e. The molecule has 0 saturated carbocycles. The van der Waals surface area contributed by atoms with Crippen molar-refractivity contribution in [1.29, 1.82) is 0 Å². The second-order valence-corrected chi connectivity index (χ2v) is 7.62. The minimum absolute atomic E-state index is 0.0203. The van der Waals surface area contributed by atoms with Crippen molar-refractivity contribution in [3.63, 3.8) is 0 Å². The van der Waals surface area contributed by atoms with E-state index >= 15 is 0 Å². The number of amides is 1. The molecule has 4 rings (SSSR count). The fraction of sp³-hybridized carbons (Fsp3) is 0.391. The highest BCUT2D eigenvalue weighted by molar-refractivity contribution is 5.97. The fourth-order valence-corrected chi connectivity index (χ4v) is 4.06. The van der Waals surface area contributed by atoms with Crippen molar-refractivity contribution < 1.29 is 14.3 Å². The Bertz CT molecular complexity index is 1010. The first-order valence-corrected chi connectivity index (χ1v) is 10.6. The van der Waals surface area contributed by atoms with Crippen molar-refractivity contribution in [3.05, 3.63) is 48.3 Å². The number of carbonyl (C=O) groups is 1. The lowest BCUT2D eigenvalue weighted by Crippen LogP contribution is -2.33. The van der Waals surface area contributed by atoms with Crippen LogP contribution in [0.15, 0.2) is 42.7 Å². The van der Waals surface area contributed by atoms with E-state index in [0.29, 0.717) is 22.7 Å². The van der Waals surface area contributed by atoms with Gasteiger partial charge in [-0.1, -0.05) is 25.3 Å². The van der Waals surface area contributed by atoms with E-state index < -0.39 is 0 Å². The van der Waals surface area contributed by atoms with Crippen LogP contribution in [0.3, 0.4) is 0 Å². The van der Waals surface area contributed by atoms with Crippen LogP contribution < -0.4 is 9.47 Å². The highest BCUT2D eigenvalue weighted by Crippen LogP contribution is 2.39. The van der Waals surface area contributed by atoms with Crippen LogP contribution in [-0.4, -0.2) is 58.3 Å². The van der Waals surface area contributed by atoms with Crippen molar-refractivity contribution in [2.75, 3.05) is 27.3 Å². The molecule has 162 valence electrons. The Hall–Kier alpha value is -3.42. The van der Waals surface area contributed by atoms with Crippen molar-refractivity contribution in [2.24, 2.45) is 0 Å². The number of hydrogen-bond acceptors (Lipinski definition) is 6. The van der Waals surface area contributed by atoms with Crippen LogP contribution in [0.25, 0.3) is 16.8 Å². The van der Waals surface area contributed by atoms with E-state index in [2.05, 4.69) is 15.5 Å². The maximum atomic E-state index is 13.5. The second-order valence-electron chi connectivity index (χ2n) is 7.62. The van der Waals surface area contributed by atoms with Crippen LogP contribution in [0.4, 0.5) is 0 Å². The summed E-state index contributed by atoms with van der Waals surface area (Å²) in [7, 11) is 3.24. The molecule has 8 heteroatoms. The number of hydrogen-bond donors (Lipinski definition) is 0. The molecule has 3 aromatic rings. The number of rotatable bonds is 5. The summed E-state index contributed by atoms with van der Waals surface area (Å²) in [5, 5.41) is 11.5. The highest BCUT2D eigenvalue weighted by atomic mass is 16.5. The molecule has 0 bridgehead atoms. The molecule has 2 aromatic carbocycles. The first-order chi connectivity index (χ1) is 15.2. The molecule has 1 aliphatic heterocycles. The molecule has 31 heavy (non-hydrogen) atoms. The third kappa shape index (κ3) is 4.52. The Morgan fingerprint density at radius 1 is 0.935 bits per heavy atom. The van der Waals surface area contributed by atoms with Gasteiger partial charge in [-0.25, -0.2) is 4.68 Å². The van der Waals surface area contributed by atoms with Gasteiger partial charge in [-0.2, -0.15) is 0 Å². The Morgan fingerprint density at radius 2 is 1.61 bits per heavy atom. The average Bonchev–Trinajstić information content (AvgIpc) is 3.32. The summed E-state index contributed by atoms with van der Waals surface area (Å²) < 4.78 is 12.7. The van der Waals surface area contributed by atoms with E-state index in [1.54, 1.807) is 18.9 Å². The van der Waals surface area contributed by atoms with Crippen LogP contribution in [0.1, 0.15) is 42.5 Å². The van der Waals surface area contributed by atoms with Crippen molar-refractivity contribution in [1.82, 2.24) is 25.1 Å². The number of ether oxygens (including phenoxy) is 2. The summed E-state index contributed by atoms with van der Waals surface area (Å²) in [6.07, 6.45) is 7.16. The topological polar surface area (TPSA) is 82.4 Å². The molecule has 1 aromatic heterocycles. The molecule has 1 fully saturated rings. The van der Waals surface area contributed by atoms with Crippen molar-refractivity contribution in [3.8, 4) is 28.3 Å². The van der Waals surface area contributed by atoms with Crippen LogP contribution in [0, 0.1) is 0 Å². The van der Waals surface area contributed by atoms with E-state index in [4.69, 9.17) is 9.47 Å². The SMILES string of the molecule is COc1cccc(OC)c1-c1cc(C(=O)N2CCCCCCC2)cc(-n2cnnn2)c1. The molecule has 0 spiro atoms. The van der Waals surface area contributed by atoms with E-state index in [0.717, 1.165) is 49.9 Å². The van der Waals surface area contributed by atoms with Gasteiger partial charge in [-0.3, -0.25) is 4.79 Å². The summed E-state index contributed by atoms with van der Waals surface area (Å²) in [4.78, 5) is 15.4. The third-order valence-corrected chi connectivity index (χ3v) is 5.64. The summed E-state index contributed by atoms with van der Waals surface area (Å²) in [5.41, 5.74) is 2.88. The Labute approximate surface area is 181 Å². The van der Waals surface area contributed by atoms with E-state index in [9.17, 15) is 4.79 Å². The van der Waals surface area contributed by atoms with E-state index in [1.807, 2.05) is 41.3 Å². The first-order valence-electron chi connectivity index (χ1n) is 10.6. The Morgan fingerprint density at radius 3 is 2.23 bits per heavy atom. The number of methoxy groups -OCH3 is 2. The van der Waals surface area contributed by atoms with Crippen molar-refractivity contribution >= 4 is 5.91 Å². The quantitative estimate of drug-likeness (QED) is 0.624. The zero-order valence-corrected chi connectivity index (χ0v) is 18.0. The number of nitrogens with zero attached hydrogens (tertiary/aromatic N) is 5. The van der Waals surface area contributed by atoms with Gasteiger partial charge >= 0.3 is 0 Å². The predicted molar refractivity (Wildman–Crippen MR) is 117 cm³/mol. The Kier molecular flexibility index (Phi) is 6.45. The molecule has 0 atom stereocenters. The van der Waals surface area contributed by atoms with Gasteiger partial charge in [-0.05, 0) is 59.2 Å². The molecule has 2 heterocycles. The van der Waals surface area contributed by atoms with Crippen LogP contribution in [0.2, 0.25) is 0 Å². The van der Waals surface area contributed by atoms with Crippen LogP contribution >= 0.6 is 0 Å². The number of tetrazole rings is 1. The normalized spacial score (nSPS) is 14.6. The lowest BCUT2D eigenvalue weighted by Gasteiger charge is -2.25. The maximum Gasteiger partial charge on any atom is 0.253 e. The fourth-order valence-electron chi connectivity index (χ4n) is 4.06. The molecule has 0 N–H and O–H groups in total. The molecule has 0 aliphatic carbocycles. The molecule has 1 amide bonds. The van der Waals surface area contributed by atoms with Gasteiger partial charge in [0.2, 0.25) is 0 Å². The van der Waals surface area contributed by atoms with Gasteiger partial charge in [0.05, 0.1) is 25.5 Å². The molecule has 1 aliphatic rings. The highest BCUT2D eigenvalue weighted by Gasteiger charge is 2.21. The lowest BCUT2D eigenvalue weighted by molar-refractivity contribution is 0.0742. The summed E-state index contributed by atoms with van der Waals surface area (Å²) in [6, 6.07) is 11.3. The number of likely N-dealkylation sites (tertiary alicyclic amines) is 1. The number of benzene rings is 2. The van der Waals surface area contributed by atoms with E-state index in [1.165, 1.54) is 12.7 Å². The van der Waals surface area contributed by atoms with Gasteiger partial charge < -0.3 is 14.4 Å². The standard InChI is InChI=1S/C23H27N5O3/c1-30-20-9-8-10-21(31-2)22(20)17-13-18(15-19(14-17)28-16-24-25-26-28)23(29)27-11-6-4-3-5-7-12-27/h8-10,13-16H,3-7,11-12H2,1-2H3. The van der Waals surface area contributed by atoms with Gasteiger partial charge in [0.1, 0.15) is 17.8 Å². The van der Waals surface area contributed by atoms with Gasteiger partial charge in [0.15, 0.2) is 0 Å². The summed E-state index contributed by atoms with van der Waals surface area (Å²) in [5.74, 6) is 1.35. The van der Waals surface area contributed by atoms with Gasteiger partial charge in [0.25, 0.3) is 5.91 Å². The third-order valence-electron chi connectivity index (χ3n) is 5.64. The van der Waals surface area contributed by atoms with Crippen LogP contribution in [0.5, 0.6) is 11.5 Å². The van der Waals surface area contributed by atoms with E-state index in [-0.39, 0.29) is 5.91 Å². The van der Waals surface area contributed by atoms with Gasteiger partial charge in [-0.15, -0.1) is 5.10 Å². The van der Waals surface area contributed by atoms with Crippen LogP contribution in [-0.2, 0) is 0 Å². The minimum atomic E-state index is 0.0203. The average molecular weight is 422 g/mol. The first kappa shape index (κ1) is 20.8. The molecular weight excluding hydrogens is 394 g/mol. The summed E-state index contributed by atoms with van der Waals surface area (Å²) >= 11 is 0. The van der Waals surface area contributed by atoms with Gasteiger partial charge in [0, 0.05) is 18.7 Å².